The fraction of sp³-hybridized carbons (Fsp3) is 0.316. The summed E-state index contributed by atoms with van der Waals surface area (Å²) in [5, 5.41) is 0. The zero-order valence-corrected chi connectivity index (χ0v) is 14.3. The first kappa shape index (κ1) is 18.1. The summed E-state index contributed by atoms with van der Waals surface area (Å²) in [6, 6.07) is 11.1. The minimum absolute atomic E-state index is 0.0611. The summed E-state index contributed by atoms with van der Waals surface area (Å²) in [6.45, 7) is -0.0611. The van der Waals surface area contributed by atoms with Crippen molar-refractivity contribution >= 4 is 5.91 Å². The topological polar surface area (TPSA) is 38.8 Å². The van der Waals surface area contributed by atoms with Crippen molar-refractivity contribution in [2.75, 3.05) is 20.8 Å². The molecule has 7 heteroatoms. The minimum Gasteiger partial charge on any atom is -0.496 e. The lowest BCUT2D eigenvalue weighted by molar-refractivity contribution is -0.187. The number of benzene rings is 2. The SMILES string of the molecule is COc1ccc(OC)c2c1CCN(C(=O)C(F)(F)F)C2c1ccccc1. The molecule has 138 valence electrons. The number of fused-ring (bicyclic) bond motifs is 1. The Kier molecular flexibility index (Phi) is 4.80. The van der Waals surface area contributed by atoms with Gasteiger partial charge in [-0.15, -0.1) is 0 Å². The van der Waals surface area contributed by atoms with Gasteiger partial charge in [0.05, 0.1) is 20.3 Å². The quantitative estimate of drug-likeness (QED) is 0.832. The molecule has 4 nitrogen and oxygen atoms in total. The van der Waals surface area contributed by atoms with E-state index < -0.39 is 18.1 Å². The first-order valence-corrected chi connectivity index (χ1v) is 8.05. The third-order valence-electron chi connectivity index (χ3n) is 4.52. The van der Waals surface area contributed by atoms with E-state index in [0.29, 0.717) is 22.6 Å². The molecule has 0 aliphatic carbocycles. The van der Waals surface area contributed by atoms with E-state index in [2.05, 4.69) is 0 Å². The van der Waals surface area contributed by atoms with Gasteiger partial charge in [-0.3, -0.25) is 4.79 Å². The minimum atomic E-state index is -4.95. The molecule has 0 fully saturated rings. The molecule has 1 aliphatic heterocycles. The van der Waals surface area contributed by atoms with Crippen molar-refractivity contribution in [3.63, 3.8) is 0 Å². The van der Waals surface area contributed by atoms with Crippen molar-refractivity contribution in [2.45, 2.75) is 18.6 Å². The largest absolute Gasteiger partial charge is 0.496 e. The zero-order valence-electron chi connectivity index (χ0n) is 14.3. The molecule has 0 spiro atoms. The lowest BCUT2D eigenvalue weighted by Crippen LogP contribution is -2.47. The van der Waals surface area contributed by atoms with Gasteiger partial charge in [-0.05, 0) is 24.1 Å². The van der Waals surface area contributed by atoms with Crippen molar-refractivity contribution in [3.8, 4) is 11.5 Å². The molecule has 0 saturated heterocycles. The number of hydrogen-bond acceptors (Lipinski definition) is 3. The predicted octanol–water partition coefficient (Wildman–Crippen LogP) is 3.74. The smallest absolute Gasteiger partial charge is 0.471 e. The maximum Gasteiger partial charge on any atom is 0.471 e. The number of carbonyl (C=O) groups excluding carboxylic acids is 1. The number of halogens is 3. The molecule has 1 atom stereocenters. The first-order chi connectivity index (χ1) is 12.4. The number of amides is 1. The summed E-state index contributed by atoms with van der Waals surface area (Å²) in [5.41, 5.74) is 1.87. The average molecular weight is 365 g/mol. The van der Waals surface area contributed by atoms with Gasteiger partial charge in [0.1, 0.15) is 11.5 Å². The van der Waals surface area contributed by atoms with Gasteiger partial charge in [0.15, 0.2) is 0 Å². The van der Waals surface area contributed by atoms with Crippen LogP contribution in [0, 0.1) is 0 Å². The highest BCUT2D eigenvalue weighted by atomic mass is 19.4. The molecule has 0 aromatic heterocycles. The molecule has 0 bridgehead atoms. The normalized spacial score (nSPS) is 16.8. The number of rotatable bonds is 3. The Bertz CT molecular complexity index is 806. The molecule has 26 heavy (non-hydrogen) atoms. The Hall–Kier alpha value is -2.70. The van der Waals surface area contributed by atoms with E-state index >= 15 is 0 Å². The molecule has 1 heterocycles. The molecule has 1 unspecified atom stereocenters. The van der Waals surface area contributed by atoms with Crippen molar-refractivity contribution in [3.05, 3.63) is 59.2 Å². The molecular weight excluding hydrogens is 347 g/mol. The van der Waals surface area contributed by atoms with E-state index in [-0.39, 0.29) is 13.0 Å². The Morgan fingerprint density at radius 3 is 2.23 bits per heavy atom. The fourth-order valence-electron chi connectivity index (χ4n) is 3.43. The molecule has 2 aromatic rings. The number of nitrogens with zero attached hydrogens (tertiary/aromatic N) is 1. The van der Waals surface area contributed by atoms with Gasteiger partial charge in [0, 0.05) is 17.7 Å². The maximum atomic E-state index is 13.2. The van der Waals surface area contributed by atoms with Gasteiger partial charge in [0.2, 0.25) is 0 Å². The van der Waals surface area contributed by atoms with Crippen molar-refractivity contribution < 1.29 is 27.4 Å². The zero-order chi connectivity index (χ0) is 18.9. The number of ether oxygens (including phenoxy) is 2. The Labute approximate surface area is 149 Å². The van der Waals surface area contributed by atoms with Crippen LogP contribution in [0.25, 0.3) is 0 Å². The van der Waals surface area contributed by atoms with Gasteiger partial charge in [-0.1, -0.05) is 30.3 Å². The summed E-state index contributed by atoms with van der Waals surface area (Å²) in [5.74, 6) is -0.864. The van der Waals surface area contributed by atoms with E-state index in [1.165, 1.54) is 14.2 Å². The summed E-state index contributed by atoms with van der Waals surface area (Å²) >= 11 is 0. The van der Waals surface area contributed by atoms with E-state index in [4.69, 9.17) is 9.47 Å². The van der Waals surface area contributed by atoms with Crippen LogP contribution in [-0.4, -0.2) is 37.7 Å². The van der Waals surface area contributed by atoms with E-state index in [9.17, 15) is 18.0 Å². The number of carbonyl (C=O) groups is 1. The summed E-state index contributed by atoms with van der Waals surface area (Å²) in [6.07, 6.45) is -4.70. The number of methoxy groups -OCH3 is 2. The van der Waals surface area contributed by atoms with Crippen molar-refractivity contribution in [1.29, 1.82) is 0 Å². The van der Waals surface area contributed by atoms with Gasteiger partial charge in [-0.2, -0.15) is 13.2 Å². The maximum absolute atomic E-state index is 13.2. The van der Waals surface area contributed by atoms with Gasteiger partial charge < -0.3 is 14.4 Å². The lowest BCUT2D eigenvalue weighted by Gasteiger charge is -2.39. The average Bonchev–Trinajstić information content (AvgIpc) is 2.65. The summed E-state index contributed by atoms with van der Waals surface area (Å²) in [4.78, 5) is 13.0. The van der Waals surface area contributed by atoms with Gasteiger partial charge >= 0.3 is 12.1 Å². The molecule has 0 radical (unpaired) electrons. The van der Waals surface area contributed by atoms with Crippen LogP contribution >= 0.6 is 0 Å². The van der Waals surface area contributed by atoms with Crippen LogP contribution in [-0.2, 0) is 11.2 Å². The second-order valence-electron chi connectivity index (χ2n) is 5.92. The number of hydrogen-bond donors (Lipinski definition) is 0. The second-order valence-corrected chi connectivity index (χ2v) is 5.92. The standard InChI is InChI=1S/C19H18F3NO3/c1-25-14-8-9-15(26-2)16-13(14)10-11-23(18(24)19(20,21)22)17(16)12-6-4-3-5-7-12/h3-9,17H,10-11H2,1-2H3. The third-order valence-corrected chi connectivity index (χ3v) is 4.52. The van der Waals surface area contributed by atoms with E-state index in [0.717, 1.165) is 10.5 Å². The van der Waals surface area contributed by atoms with Crippen LogP contribution in [0.2, 0.25) is 0 Å². The van der Waals surface area contributed by atoms with Crippen molar-refractivity contribution in [1.82, 2.24) is 4.90 Å². The number of alkyl halides is 3. The lowest BCUT2D eigenvalue weighted by atomic mass is 9.86. The fourth-order valence-corrected chi connectivity index (χ4v) is 3.43. The van der Waals surface area contributed by atoms with Gasteiger partial charge in [0.25, 0.3) is 0 Å². The van der Waals surface area contributed by atoms with E-state index in [1.54, 1.807) is 42.5 Å². The molecule has 3 rings (SSSR count). The van der Waals surface area contributed by atoms with E-state index in [1.807, 2.05) is 0 Å². The molecular formula is C19H18F3NO3. The Morgan fingerprint density at radius 2 is 1.65 bits per heavy atom. The molecule has 0 N–H and O–H groups in total. The molecule has 2 aromatic carbocycles. The van der Waals surface area contributed by atoms with Crippen LogP contribution < -0.4 is 9.47 Å². The van der Waals surface area contributed by atoms with Crippen LogP contribution in [0.15, 0.2) is 42.5 Å². The molecule has 1 amide bonds. The third kappa shape index (κ3) is 3.09. The van der Waals surface area contributed by atoms with Gasteiger partial charge in [-0.25, -0.2) is 0 Å². The highest BCUT2D eigenvalue weighted by Crippen LogP contribution is 2.45. The predicted molar refractivity (Wildman–Crippen MR) is 89.3 cm³/mol. The van der Waals surface area contributed by atoms with Crippen LogP contribution in [0.5, 0.6) is 11.5 Å². The molecule has 0 saturated carbocycles. The first-order valence-electron chi connectivity index (χ1n) is 8.05. The van der Waals surface area contributed by atoms with Crippen LogP contribution in [0.3, 0.4) is 0 Å². The second kappa shape index (κ2) is 6.90. The summed E-state index contributed by atoms with van der Waals surface area (Å²) < 4.78 is 50.3. The Morgan fingerprint density at radius 1 is 1.04 bits per heavy atom. The Balaban J connectivity index is 2.23. The van der Waals surface area contributed by atoms with Crippen molar-refractivity contribution in [2.24, 2.45) is 0 Å². The highest BCUT2D eigenvalue weighted by Gasteiger charge is 2.47. The monoisotopic (exact) mass is 365 g/mol. The van der Waals surface area contributed by atoms with Crippen LogP contribution in [0.1, 0.15) is 22.7 Å². The molecule has 1 aliphatic rings. The highest BCUT2D eigenvalue weighted by molar-refractivity contribution is 5.83. The summed E-state index contributed by atoms with van der Waals surface area (Å²) in [7, 11) is 2.96. The van der Waals surface area contributed by atoms with Crippen LogP contribution in [0.4, 0.5) is 13.2 Å².